The van der Waals surface area contributed by atoms with Crippen LogP contribution in [0.25, 0.3) is 5.70 Å². The van der Waals surface area contributed by atoms with Crippen LogP contribution in [0.1, 0.15) is 38.3 Å². The zero-order valence-corrected chi connectivity index (χ0v) is 18.6. The Hall–Kier alpha value is -2.42. The van der Waals surface area contributed by atoms with Gasteiger partial charge in [-0.3, -0.25) is 4.98 Å². The van der Waals surface area contributed by atoms with Crippen LogP contribution in [0.3, 0.4) is 0 Å². The fourth-order valence-corrected chi connectivity index (χ4v) is 4.81. The van der Waals surface area contributed by atoms with Crippen LogP contribution in [0.5, 0.6) is 5.75 Å². The van der Waals surface area contributed by atoms with Crippen LogP contribution in [0.2, 0.25) is 0 Å². The van der Waals surface area contributed by atoms with Gasteiger partial charge in [0.05, 0.1) is 12.9 Å². The maximum Gasteiger partial charge on any atom is 0.123 e. The number of hydrogen-bond donors (Lipinski definition) is 1. The summed E-state index contributed by atoms with van der Waals surface area (Å²) >= 11 is 0. The third-order valence-electron chi connectivity index (χ3n) is 5.12. The van der Waals surface area contributed by atoms with Gasteiger partial charge >= 0.3 is 0 Å². The normalized spacial score (nSPS) is 19.5. The molecule has 1 aromatic heterocycles. The molecule has 1 aliphatic heterocycles. The number of nitrogens with one attached hydrogen (secondary N) is 1. The van der Waals surface area contributed by atoms with Gasteiger partial charge in [-0.1, -0.05) is 37.3 Å². The number of para-hydroxylation sites is 1. The maximum atomic E-state index is 5.49. The van der Waals surface area contributed by atoms with Gasteiger partial charge in [-0.05, 0) is 50.1 Å². The predicted molar refractivity (Wildman–Crippen MR) is 124 cm³/mol. The first-order chi connectivity index (χ1) is 14.2. The van der Waals surface area contributed by atoms with Crippen LogP contribution >= 0.6 is 8.73 Å². The highest BCUT2D eigenvalue weighted by Gasteiger charge is 2.23. The summed E-state index contributed by atoms with van der Waals surface area (Å²) in [5.41, 5.74) is 6.28. The summed E-state index contributed by atoms with van der Waals surface area (Å²) in [6.45, 7) is 7.31. The maximum absolute atomic E-state index is 5.49. The van der Waals surface area contributed by atoms with Crippen molar-refractivity contribution >= 4 is 14.4 Å². The van der Waals surface area contributed by atoms with E-state index in [2.05, 4.69) is 78.2 Å². The van der Waals surface area contributed by atoms with Crippen LogP contribution in [0, 0.1) is 0 Å². The minimum absolute atomic E-state index is 0.269. The number of hydrogen-bond acceptors (Lipinski definition) is 4. The Morgan fingerprint density at radius 3 is 2.69 bits per heavy atom. The van der Waals surface area contributed by atoms with E-state index >= 15 is 0 Å². The van der Waals surface area contributed by atoms with E-state index in [0.29, 0.717) is 8.73 Å². The van der Waals surface area contributed by atoms with E-state index in [1.165, 1.54) is 28.1 Å². The van der Waals surface area contributed by atoms with Gasteiger partial charge in [0.2, 0.25) is 0 Å². The third kappa shape index (κ3) is 5.14. The molecule has 0 spiro atoms. The average molecular weight is 407 g/mol. The molecule has 4 nitrogen and oxygen atoms in total. The topological polar surface area (TPSA) is 37.4 Å². The lowest BCUT2D eigenvalue weighted by Gasteiger charge is -2.36. The minimum Gasteiger partial charge on any atom is -0.496 e. The van der Waals surface area contributed by atoms with Crippen molar-refractivity contribution < 1.29 is 4.74 Å². The van der Waals surface area contributed by atoms with Gasteiger partial charge in [-0.2, -0.15) is 0 Å². The zero-order chi connectivity index (χ0) is 20.6. The van der Waals surface area contributed by atoms with Crippen LogP contribution in [0.15, 0.2) is 78.3 Å². The number of allylic oxidation sites excluding steroid dienone is 3. The Kier molecular flexibility index (Phi) is 7.62. The lowest BCUT2D eigenvalue weighted by molar-refractivity contribution is 0.408. The first-order valence-electron chi connectivity index (χ1n) is 10.0. The molecule has 1 aliphatic rings. The van der Waals surface area contributed by atoms with Crippen molar-refractivity contribution in [2.45, 2.75) is 39.5 Å². The molecule has 0 aliphatic carbocycles. The van der Waals surface area contributed by atoms with Gasteiger partial charge in [0.15, 0.2) is 0 Å². The number of rotatable bonds is 7. The van der Waals surface area contributed by atoms with Gasteiger partial charge < -0.3 is 14.7 Å². The lowest BCUT2D eigenvalue weighted by atomic mass is 10.1. The fourth-order valence-electron chi connectivity index (χ4n) is 3.36. The quantitative estimate of drug-likeness (QED) is 0.596. The highest BCUT2D eigenvalue weighted by atomic mass is 31.1. The molecule has 0 saturated carbocycles. The van der Waals surface area contributed by atoms with Crippen molar-refractivity contribution in [1.82, 2.24) is 15.0 Å². The van der Waals surface area contributed by atoms with E-state index in [1.807, 2.05) is 24.5 Å². The molecular weight excluding hydrogens is 377 g/mol. The third-order valence-corrected chi connectivity index (χ3v) is 6.53. The van der Waals surface area contributed by atoms with Crippen LogP contribution in [-0.4, -0.2) is 22.5 Å². The van der Waals surface area contributed by atoms with Gasteiger partial charge in [-0.15, -0.1) is 0 Å². The molecule has 0 fully saturated rings. The summed E-state index contributed by atoms with van der Waals surface area (Å²) in [4.78, 5) is 4.18. The number of nitrogens with zero attached hydrogens (tertiary/aromatic N) is 2. The van der Waals surface area contributed by atoms with Crippen molar-refractivity contribution in [1.29, 1.82) is 0 Å². The summed E-state index contributed by atoms with van der Waals surface area (Å²) in [7, 11) is 2.29. The number of pyridine rings is 1. The molecule has 29 heavy (non-hydrogen) atoms. The van der Waals surface area contributed by atoms with Gasteiger partial charge in [0.1, 0.15) is 5.75 Å². The molecule has 0 radical (unpaired) electrons. The molecule has 2 unspecified atom stereocenters. The number of methoxy groups -OCH3 is 1. The van der Waals surface area contributed by atoms with Crippen molar-refractivity contribution in [3.63, 3.8) is 0 Å². The number of aromatic nitrogens is 1. The van der Waals surface area contributed by atoms with Crippen LogP contribution in [-0.2, 0) is 6.54 Å². The lowest BCUT2D eigenvalue weighted by Crippen LogP contribution is -2.30. The SMILES string of the molecule is C/C=C(/c1ccncc1)N1PC(NCc2ccccc2OC)C=C/C1=C(/C)CC. The molecule has 5 heteroatoms. The molecule has 1 N–H and O–H groups in total. The van der Waals surface area contributed by atoms with Gasteiger partial charge in [0.25, 0.3) is 0 Å². The second-order valence-corrected chi connectivity index (χ2v) is 8.25. The highest BCUT2D eigenvalue weighted by Crippen LogP contribution is 2.42. The molecular formula is C24H30N3OP. The van der Waals surface area contributed by atoms with Crippen molar-refractivity contribution in [2.24, 2.45) is 0 Å². The molecule has 152 valence electrons. The Morgan fingerprint density at radius 2 is 2.00 bits per heavy atom. The van der Waals surface area contributed by atoms with Crippen molar-refractivity contribution in [3.05, 3.63) is 89.4 Å². The predicted octanol–water partition coefficient (Wildman–Crippen LogP) is 5.72. The summed E-state index contributed by atoms with van der Waals surface area (Å²) in [6, 6.07) is 12.3. The first kappa shape index (κ1) is 21.3. The average Bonchev–Trinajstić information content (AvgIpc) is 2.78. The molecule has 0 saturated heterocycles. The summed E-state index contributed by atoms with van der Waals surface area (Å²) < 4.78 is 7.95. The van der Waals surface area contributed by atoms with E-state index in [1.54, 1.807) is 7.11 Å². The zero-order valence-electron chi connectivity index (χ0n) is 17.6. The Labute approximate surface area is 176 Å². The summed E-state index contributed by atoms with van der Waals surface area (Å²) in [6.07, 6.45) is 11.5. The van der Waals surface area contributed by atoms with Gasteiger partial charge in [0, 0.05) is 50.2 Å². The van der Waals surface area contributed by atoms with Crippen molar-refractivity contribution in [3.8, 4) is 5.75 Å². The second kappa shape index (κ2) is 10.4. The smallest absolute Gasteiger partial charge is 0.123 e. The van der Waals surface area contributed by atoms with Crippen molar-refractivity contribution in [2.75, 3.05) is 7.11 Å². The monoisotopic (exact) mass is 407 g/mol. The molecule has 2 aromatic rings. The van der Waals surface area contributed by atoms with E-state index in [4.69, 9.17) is 4.74 Å². The molecule has 0 amide bonds. The van der Waals surface area contributed by atoms with E-state index in [9.17, 15) is 0 Å². The van der Waals surface area contributed by atoms with E-state index in [0.717, 1.165) is 18.7 Å². The summed E-state index contributed by atoms with van der Waals surface area (Å²) in [5, 5.41) is 3.69. The number of ether oxygens (including phenoxy) is 1. The van der Waals surface area contributed by atoms with Gasteiger partial charge in [-0.25, -0.2) is 0 Å². The van der Waals surface area contributed by atoms with E-state index < -0.39 is 0 Å². The Morgan fingerprint density at radius 1 is 1.24 bits per heavy atom. The first-order valence-corrected chi connectivity index (χ1v) is 11.1. The number of benzene rings is 1. The standard InChI is InChI=1S/C24H30N3OP/c1-5-18(3)22-11-12-24(26-17-20-9-7-8-10-23(20)28-4)29-27(22)21(6-2)19-13-15-25-16-14-19/h6-16,24,26,29H,5,17H2,1-4H3/b21-6-,22-18+. The second-order valence-electron chi connectivity index (χ2n) is 6.92. The minimum atomic E-state index is 0.269. The summed E-state index contributed by atoms with van der Waals surface area (Å²) in [5.74, 6) is 1.19. The molecule has 2 heterocycles. The van der Waals surface area contributed by atoms with Crippen LogP contribution in [0.4, 0.5) is 0 Å². The van der Waals surface area contributed by atoms with Crippen LogP contribution < -0.4 is 10.1 Å². The molecule has 2 atom stereocenters. The fraction of sp³-hybridized carbons (Fsp3) is 0.292. The Bertz CT molecular complexity index is 905. The van der Waals surface area contributed by atoms with E-state index in [-0.39, 0.29) is 5.78 Å². The molecule has 0 bridgehead atoms. The Balaban J connectivity index is 1.84. The molecule has 3 rings (SSSR count). The largest absolute Gasteiger partial charge is 0.496 e. The highest BCUT2D eigenvalue weighted by molar-refractivity contribution is 7.37. The molecule has 1 aromatic carbocycles.